The summed E-state index contributed by atoms with van der Waals surface area (Å²) < 4.78 is 0.996. The predicted octanol–water partition coefficient (Wildman–Crippen LogP) is 3.65. The summed E-state index contributed by atoms with van der Waals surface area (Å²) >= 11 is 0. The highest BCUT2D eigenvalue weighted by molar-refractivity contribution is 6.04. The monoisotopic (exact) mass is 369 g/mol. The Kier molecular flexibility index (Phi) is 4.14. The molecule has 7 nitrogen and oxygen atoms in total. The summed E-state index contributed by atoms with van der Waals surface area (Å²) in [7, 11) is 0. The van der Waals surface area contributed by atoms with Gasteiger partial charge in [0, 0.05) is 22.5 Å². The number of nitriles is 1. The molecule has 136 valence electrons. The molecule has 3 aromatic carbocycles. The zero-order valence-electron chi connectivity index (χ0n) is 14.6. The third-order valence-electron chi connectivity index (χ3n) is 4.33. The van der Waals surface area contributed by atoms with Crippen molar-refractivity contribution in [2.45, 2.75) is 0 Å². The first-order valence-corrected chi connectivity index (χ1v) is 8.44. The maximum absolute atomic E-state index is 12.3. The lowest BCUT2D eigenvalue weighted by Gasteiger charge is -2.07. The number of carbonyl (C=O) groups excluding carboxylic acids is 1. The van der Waals surface area contributed by atoms with E-state index in [1.807, 2.05) is 6.07 Å². The summed E-state index contributed by atoms with van der Waals surface area (Å²) in [5.41, 5.74) is 9.69. The number of aromatic nitrogens is 2. The van der Waals surface area contributed by atoms with Gasteiger partial charge in [-0.1, -0.05) is 0 Å². The molecule has 0 fully saturated rings. The van der Waals surface area contributed by atoms with Gasteiger partial charge in [-0.2, -0.15) is 9.99 Å². The van der Waals surface area contributed by atoms with Crippen molar-refractivity contribution in [1.82, 2.24) is 9.71 Å². The van der Waals surface area contributed by atoms with Crippen molar-refractivity contribution in [1.29, 1.82) is 5.26 Å². The van der Waals surface area contributed by atoms with Crippen LogP contribution in [0.1, 0.15) is 15.9 Å². The molecule has 0 aliphatic rings. The van der Waals surface area contributed by atoms with E-state index < -0.39 is 0 Å². The number of nitrogens with two attached hydrogens (primary N) is 1. The zero-order valence-corrected chi connectivity index (χ0v) is 14.6. The number of nitrogens with zero attached hydrogens (tertiary/aromatic N) is 3. The van der Waals surface area contributed by atoms with Crippen LogP contribution in [0.25, 0.3) is 22.4 Å². The second-order valence-corrected chi connectivity index (χ2v) is 6.22. The lowest BCUT2D eigenvalue weighted by Crippen LogP contribution is -2.11. The molecule has 0 saturated carbocycles. The van der Waals surface area contributed by atoms with E-state index in [9.17, 15) is 10.0 Å². The molecule has 0 radical (unpaired) electrons. The molecule has 0 atom stereocenters. The maximum Gasteiger partial charge on any atom is 0.255 e. The number of benzene rings is 3. The van der Waals surface area contributed by atoms with E-state index in [1.54, 1.807) is 66.7 Å². The van der Waals surface area contributed by atoms with E-state index in [2.05, 4.69) is 10.3 Å². The summed E-state index contributed by atoms with van der Waals surface area (Å²) in [6, 6.07) is 20.5. The summed E-state index contributed by atoms with van der Waals surface area (Å²) in [4.78, 5) is 16.7. The molecule has 0 saturated heterocycles. The number of fused-ring (bicyclic) bond motifs is 1. The normalized spacial score (nSPS) is 10.5. The Morgan fingerprint density at radius 3 is 2.46 bits per heavy atom. The van der Waals surface area contributed by atoms with Crippen LogP contribution in [-0.2, 0) is 0 Å². The maximum atomic E-state index is 12.3. The van der Waals surface area contributed by atoms with Crippen molar-refractivity contribution in [3.8, 4) is 17.5 Å². The molecule has 0 aliphatic carbocycles. The summed E-state index contributed by atoms with van der Waals surface area (Å²) in [6.45, 7) is 0. The lowest BCUT2D eigenvalue weighted by molar-refractivity contribution is 0.102. The van der Waals surface area contributed by atoms with Gasteiger partial charge in [0.15, 0.2) is 5.82 Å². The van der Waals surface area contributed by atoms with Gasteiger partial charge in [0.2, 0.25) is 0 Å². The smallest absolute Gasteiger partial charge is 0.255 e. The molecule has 1 heterocycles. The summed E-state index contributed by atoms with van der Waals surface area (Å²) in [5, 5.41) is 22.0. The van der Waals surface area contributed by atoms with Gasteiger partial charge in [-0.15, -0.1) is 0 Å². The second kappa shape index (κ2) is 6.78. The quantitative estimate of drug-likeness (QED) is 0.376. The fraction of sp³-hybridized carbons (Fsp3) is 0. The number of hydrogen-bond acceptors (Lipinski definition) is 5. The van der Waals surface area contributed by atoms with Gasteiger partial charge in [-0.25, -0.2) is 4.98 Å². The number of rotatable bonds is 3. The molecular weight excluding hydrogens is 354 g/mol. The summed E-state index contributed by atoms with van der Waals surface area (Å²) in [5.74, 6) is 0.104. The van der Waals surface area contributed by atoms with Gasteiger partial charge < -0.3 is 16.3 Å². The average Bonchev–Trinajstić information content (AvgIpc) is 3.04. The molecule has 0 bridgehead atoms. The minimum atomic E-state index is -0.276. The highest BCUT2D eigenvalue weighted by Crippen LogP contribution is 2.26. The van der Waals surface area contributed by atoms with E-state index >= 15 is 0 Å². The van der Waals surface area contributed by atoms with Crippen LogP contribution in [0.15, 0.2) is 66.7 Å². The molecule has 0 spiro atoms. The molecule has 4 rings (SSSR count). The van der Waals surface area contributed by atoms with Crippen LogP contribution in [0.3, 0.4) is 0 Å². The van der Waals surface area contributed by atoms with Crippen molar-refractivity contribution in [3.05, 3.63) is 77.9 Å². The highest BCUT2D eigenvalue weighted by Gasteiger charge is 2.13. The third-order valence-corrected chi connectivity index (χ3v) is 4.33. The van der Waals surface area contributed by atoms with Crippen molar-refractivity contribution in [3.63, 3.8) is 0 Å². The van der Waals surface area contributed by atoms with Crippen LogP contribution in [0, 0.1) is 11.3 Å². The molecule has 4 N–H and O–H groups in total. The highest BCUT2D eigenvalue weighted by atomic mass is 16.5. The van der Waals surface area contributed by atoms with E-state index in [0.717, 1.165) is 4.73 Å². The minimum absolute atomic E-state index is 0.276. The number of nitrogen functional groups attached to an aromatic ring is 1. The fourth-order valence-corrected chi connectivity index (χ4v) is 2.87. The van der Waals surface area contributed by atoms with Crippen LogP contribution in [-0.4, -0.2) is 20.8 Å². The van der Waals surface area contributed by atoms with Crippen LogP contribution in [0.5, 0.6) is 0 Å². The number of anilines is 2. The SMILES string of the molecule is N#Cc1ccc(C(=O)Nc2ccc(-c3nc4ccc(N)cc4n3O)cc2)cc1. The van der Waals surface area contributed by atoms with E-state index in [1.165, 1.54) is 0 Å². The largest absolute Gasteiger partial charge is 0.426 e. The first-order valence-electron chi connectivity index (χ1n) is 8.44. The Morgan fingerprint density at radius 1 is 1.07 bits per heavy atom. The number of carbonyl (C=O) groups is 1. The van der Waals surface area contributed by atoms with Gasteiger partial charge >= 0.3 is 0 Å². The van der Waals surface area contributed by atoms with Crippen molar-refractivity contribution in [2.75, 3.05) is 11.1 Å². The first-order chi connectivity index (χ1) is 13.5. The van der Waals surface area contributed by atoms with Crippen LogP contribution < -0.4 is 11.1 Å². The topological polar surface area (TPSA) is 117 Å². The first kappa shape index (κ1) is 17.1. The standard InChI is InChI=1S/C21H15N5O2/c22-12-13-1-3-15(4-2-13)21(27)24-17-8-5-14(6-9-17)20-25-18-10-7-16(23)11-19(18)26(20)28/h1-11,28H,23H2,(H,24,27). The molecule has 0 aliphatic heterocycles. The molecule has 4 aromatic rings. The Bertz CT molecular complexity index is 1220. The van der Waals surface area contributed by atoms with Crippen molar-refractivity contribution < 1.29 is 10.0 Å². The van der Waals surface area contributed by atoms with E-state index in [-0.39, 0.29) is 5.91 Å². The number of nitrogens with one attached hydrogen (secondary N) is 1. The van der Waals surface area contributed by atoms with Crippen LogP contribution in [0.2, 0.25) is 0 Å². The van der Waals surface area contributed by atoms with E-state index in [0.29, 0.717) is 44.9 Å². The summed E-state index contributed by atoms with van der Waals surface area (Å²) in [6.07, 6.45) is 0. The molecule has 28 heavy (non-hydrogen) atoms. The van der Waals surface area contributed by atoms with Gasteiger partial charge in [-0.3, -0.25) is 4.79 Å². The number of hydrogen-bond donors (Lipinski definition) is 3. The zero-order chi connectivity index (χ0) is 19.7. The van der Waals surface area contributed by atoms with Crippen molar-refractivity contribution >= 4 is 28.3 Å². The Labute approximate surface area is 160 Å². The van der Waals surface area contributed by atoms with E-state index in [4.69, 9.17) is 11.0 Å². The second-order valence-electron chi connectivity index (χ2n) is 6.22. The van der Waals surface area contributed by atoms with Gasteiger partial charge in [0.1, 0.15) is 5.52 Å². The van der Waals surface area contributed by atoms with Crippen LogP contribution in [0.4, 0.5) is 11.4 Å². The molecular formula is C21H15N5O2. The number of amides is 1. The fourth-order valence-electron chi connectivity index (χ4n) is 2.87. The average molecular weight is 369 g/mol. The Morgan fingerprint density at radius 2 is 1.79 bits per heavy atom. The molecule has 1 amide bonds. The molecule has 1 aromatic heterocycles. The predicted molar refractivity (Wildman–Crippen MR) is 106 cm³/mol. The molecule has 0 unspecified atom stereocenters. The Hall–Kier alpha value is -4.31. The van der Waals surface area contributed by atoms with Gasteiger partial charge in [0.25, 0.3) is 5.91 Å². The third kappa shape index (κ3) is 3.10. The lowest BCUT2D eigenvalue weighted by atomic mass is 10.1. The van der Waals surface area contributed by atoms with Gasteiger partial charge in [0.05, 0.1) is 17.1 Å². The Balaban J connectivity index is 1.56. The van der Waals surface area contributed by atoms with Crippen LogP contribution >= 0.6 is 0 Å². The number of imidazole rings is 1. The van der Waals surface area contributed by atoms with Gasteiger partial charge in [-0.05, 0) is 66.7 Å². The minimum Gasteiger partial charge on any atom is -0.426 e. The molecule has 7 heteroatoms. The van der Waals surface area contributed by atoms with Crippen molar-refractivity contribution in [2.24, 2.45) is 0 Å².